The molecule has 0 atom stereocenters. The molecular formula is C20H22N2O5S2. The molecule has 0 bridgehead atoms. The molecular weight excluding hydrogens is 412 g/mol. The highest BCUT2D eigenvalue weighted by atomic mass is 32.2. The minimum absolute atomic E-state index is 0.0518. The lowest BCUT2D eigenvalue weighted by atomic mass is 10.1. The normalized spacial score (nSPS) is 11.8. The van der Waals surface area contributed by atoms with Crippen molar-refractivity contribution in [2.45, 2.75) is 19.3 Å². The number of para-hydroxylation sites is 1. The highest BCUT2D eigenvalue weighted by Gasteiger charge is 2.16. The van der Waals surface area contributed by atoms with Crippen molar-refractivity contribution < 1.29 is 23.1 Å². The van der Waals surface area contributed by atoms with E-state index in [0.29, 0.717) is 23.9 Å². The van der Waals surface area contributed by atoms with E-state index in [1.165, 1.54) is 15.6 Å². The zero-order chi connectivity index (χ0) is 20.9. The van der Waals surface area contributed by atoms with Gasteiger partial charge in [-0.05, 0) is 42.7 Å². The van der Waals surface area contributed by atoms with Crippen LogP contribution in [0.4, 0.5) is 0 Å². The van der Waals surface area contributed by atoms with Crippen LogP contribution in [0.3, 0.4) is 0 Å². The van der Waals surface area contributed by atoms with Gasteiger partial charge in [0.05, 0.1) is 16.5 Å². The van der Waals surface area contributed by atoms with Gasteiger partial charge in [-0.2, -0.15) is 0 Å². The second kappa shape index (κ2) is 9.34. The third kappa shape index (κ3) is 6.25. The van der Waals surface area contributed by atoms with Crippen molar-refractivity contribution in [1.82, 2.24) is 9.29 Å². The molecule has 3 rings (SSSR count). The second-order valence-electron chi connectivity index (χ2n) is 6.60. The monoisotopic (exact) mass is 434 g/mol. The van der Waals surface area contributed by atoms with Crippen molar-refractivity contribution in [2.24, 2.45) is 0 Å². The fourth-order valence-corrected chi connectivity index (χ4v) is 4.54. The largest absolute Gasteiger partial charge is 0.481 e. The number of carbonyl (C=O) groups is 1. The van der Waals surface area contributed by atoms with Crippen LogP contribution in [-0.2, 0) is 21.2 Å². The van der Waals surface area contributed by atoms with E-state index >= 15 is 0 Å². The predicted octanol–water partition coefficient (Wildman–Crippen LogP) is 3.76. The number of nitrogens with zero attached hydrogens (tertiary/aromatic N) is 2. The Hall–Kier alpha value is -2.49. The highest BCUT2D eigenvalue weighted by molar-refractivity contribution is 7.88. The van der Waals surface area contributed by atoms with Crippen molar-refractivity contribution in [3.8, 4) is 10.9 Å². The topological polar surface area (TPSA) is 96.8 Å². The number of hydrogen-bond acceptors (Lipinski definition) is 6. The summed E-state index contributed by atoms with van der Waals surface area (Å²) in [7, 11) is -3.39. The Kier molecular flexibility index (Phi) is 6.83. The van der Waals surface area contributed by atoms with E-state index in [-0.39, 0.29) is 19.4 Å². The molecule has 0 spiro atoms. The Balaban J connectivity index is 1.58. The molecule has 0 aliphatic rings. The fourth-order valence-electron chi connectivity index (χ4n) is 2.82. The Labute approximate surface area is 173 Å². The van der Waals surface area contributed by atoms with E-state index in [0.717, 1.165) is 22.0 Å². The molecule has 7 nitrogen and oxygen atoms in total. The van der Waals surface area contributed by atoms with Crippen LogP contribution < -0.4 is 4.74 Å². The number of rotatable bonds is 10. The molecule has 1 N–H and O–H groups in total. The molecule has 0 unspecified atom stereocenters. The number of aromatic nitrogens is 1. The summed E-state index contributed by atoms with van der Waals surface area (Å²) in [4.78, 5) is 15.1. The molecule has 9 heteroatoms. The van der Waals surface area contributed by atoms with Crippen LogP contribution in [0.1, 0.15) is 18.4 Å². The lowest BCUT2D eigenvalue weighted by Gasteiger charge is -2.19. The summed E-state index contributed by atoms with van der Waals surface area (Å²) in [6, 6.07) is 15.3. The van der Waals surface area contributed by atoms with Gasteiger partial charge in [-0.15, -0.1) is 0 Å². The lowest BCUT2D eigenvalue weighted by Crippen LogP contribution is -2.33. The number of fused-ring (bicyclic) bond motifs is 1. The number of aliphatic carboxylic acids is 1. The van der Waals surface area contributed by atoms with Crippen molar-refractivity contribution in [3.63, 3.8) is 0 Å². The first-order valence-corrected chi connectivity index (χ1v) is 11.8. The number of benzene rings is 2. The lowest BCUT2D eigenvalue weighted by molar-refractivity contribution is -0.137. The summed E-state index contributed by atoms with van der Waals surface area (Å²) in [5.74, 6) is -0.267. The molecule has 29 heavy (non-hydrogen) atoms. The number of ether oxygens (including phenoxy) is 1. The minimum Gasteiger partial charge on any atom is -0.481 e. The van der Waals surface area contributed by atoms with E-state index < -0.39 is 16.0 Å². The van der Waals surface area contributed by atoms with Gasteiger partial charge >= 0.3 is 5.97 Å². The molecule has 1 heterocycles. The number of carboxylic acid groups (broad SMARTS) is 1. The third-order valence-corrected chi connectivity index (χ3v) is 6.54. The SMILES string of the molecule is CS(=O)(=O)N(CCCC(=O)O)CCc1ccc(Oc2nc3ccccc3s2)cc1. The van der Waals surface area contributed by atoms with E-state index in [4.69, 9.17) is 9.84 Å². The first kappa shape index (κ1) is 21.2. The Bertz CT molecular complexity index is 1040. The Morgan fingerprint density at radius 1 is 1.14 bits per heavy atom. The summed E-state index contributed by atoms with van der Waals surface area (Å²) >= 11 is 1.47. The van der Waals surface area contributed by atoms with Gasteiger partial charge in [0.2, 0.25) is 10.0 Å². The smallest absolute Gasteiger partial charge is 0.303 e. The zero-order valence-electron chi connectivity index (χ0n) is 15.9. The molecule has 0 fully saturated rings. The Morgan fingerprint density at radius 3 is 2.52 bits per heavy atom. The molecule has 1 aromatic heterocycles. The molecule has 0 saturated heterocycles. The van der Waals surface area contributed by atoms with Gasteiger partial charge in [-0.3, -0.25) is 4.79 Å². The standard InChI is InChI=1S/C20H22N2O5S2/c1-29(25,26)22(13-4-7-19(23)24)14-12-15-8-10-16(11-9-15)27-20-21-17-5-2-3-6-18(17)28-20/h2-3,5-6,8-11H,4,7,12-14H2,1H3,(H,23,24). The first-order valence-electron chi connectivity index (χ1n) is 9.10. The maximum atomic E-state index is 11.9. The molecule has 0 radical (unpaired) electrons. The van der Waals surface area contributed by atoms with Crippen LogP contribution in [-0.4, -0.2) is 48.1 Å². The Morgan fingerprint density at radius 2 is 1.86 bits per heavy atom. The fraction of sp³-hybridized carbons (Fsp3) is 0.300. The van der Waals surface area contributed by atoms with Crippen LogP contribution >= 0.6 is 11.3 Å². The maximum Gasteiger partial charge on any atom is 0.303 e. The zero-order valence-corrected chi connectivity index (χ0v) is 17.6. The van der Waals surface area contributed by atoms with Crippen LogP contribution in [0.5, 0.6) is 10.9 Å². The van der Waals surface area contributed by atoms with Gasteiger partial charge in [0, 0.05) is 19.5 Å². The van der Waals surface area contributed by atoms with Gasteiger partial charge < -0.3 is 9.84 Å². The van der Waals surface area contributed by atoms with Crippen molar-refractivity contribution in [1.29, 1.82) is 0 Å². The van der Waals surface area contributed by atoms with Crippen LogP contribution in [0.25, 0.3) is 10.2 Å². The molecule has 0 saturated carbocycles. The van der Waals surface area contributed by atoms with Gasteiger partial charge in [-0.25, -0.2) is 17.7 Å². The van der Waals surface area contributed by atoms with Crippen LogP contribution in [0.15, 0.2) is 48.5 Å². The average molecular weight is 435 g/mol. The molecule has 154 valence electrons. The summed E-state index contributed by atoms with van der Waals surface area (Å²) in [5.41, 5.74) is 1.86. The molecule has 3 aromatic rings. The van der Waals surface area contributed by atoms with Crippen molar-refractivity contribution in [2.75, 3.05) is 19.3 Å². The molecule has 0 amide bonds. The van der Waals surface area contributed by atoms with Crippen LogP contribution in [0.2, 0.25) is 0 Å². The van der Waals surface area contributed by atoms with Gasteiger partial charge in [0.1, 0.15) is 5.75 Å². The van der Waals surface area contributed by atoms with E-state index in [1.807, 2.05) is 48.5 Å². The summed E-state index contributed by atoms with van der Waals surface area (Å²) < 4.78 is 32.0. The molecule has 0 aliphatic heterocycles. The summed E-state index contributed by atoms with van der Waals surface area (Å²) in [6.07, 6.45) is 1.91. The first-order chi connectivity index (χ1) is 13.8. The van der Waals surface area contributed by atoms with Gasteiger partial charge in [-0.1, -0.05) is 35.6 Å². The minimum atomic E-state index is -3.39. The number of sulfonamides is 1. The third-order valence-electron chi connectivity index (χ3n) is 4.32. The van der Waals surface area contributed by atoms with Gasteiger partial charge in [0.25, 0.3) is 5.19 Å². The summed E-state index contributed by atoms with van der Waals surface area (Å²) in [6.45, 7) is 0.500. The van der Waals surface area contributed by atoms with Crippen molar-refractivity contribution in [3.05, 3.63) is 54.1 Å². The number of thiazole rings is 1. The van der Waals surface area contributed by atoms with E-state index in [2.05, 4.69) is 4.98 Å². The summed E-state index contributed by atoms with van der Waals surface area (Å²) in [5, 5.41) is 9.30. The van der Waals surface area contributed by atoms with E-state index in [1.54, 1.807) is 0 Å². The maximum absolute atomic E-state index is 11.9. The molecule has 2 aromatic carbocycles. The van der Waals surface area contributed by atoms with Crippen LogP contribution in [0, 0.1) is 0 Å². The number of hydrogen-bond donors (Lipinski definition) is 1. The van der Waals surface area contributed by atoms with Gasteiger partial charge in [0.15, 0.2) is 0 Å². The predicted molar refractivity (Wildman–Crippen MR) is 113 cm³/mol. The number of carboxylic acids is 1. The van der Waals surface area contributed by atoms with E-state index in [9.17, 15) is 13.2 Å². The average Bonchev–Trinajstić information content (AvgIpc) is 3.06. The highest BCUT2D eigenvalue weighted by Crippen LogP contribution is 2.31. The second-order valence-corrected chi connectivity index (χ2v) is 9.58. The molecule has 0 aliphatic carbocycles. The van der Waals surface area contributed by atoms with Crippen molar-refractivity contribution >= 4 is 37.5 Å². The quantitative estimate of drug-likeness (QED) is 0.522.